The van der Waals surface area contributed by atoms with Crippen LogP contribution in [0.4, 0.5) is 0 Å². The molecule has 2 rings (SSSR count). The first-order valence-corrected chi connectivity index (χ1v) is 7.66. The fraction of sp³-hybridized carbons (Fsp3) is 1.00. The van der Waals surface area contributed by atoms with E-state index in [1.165, 1.54) is 32.1 Å². The first kappa shape index (κ1) is 14.3. The summed E-state index contributed by atoms with van der Waals surface area (Å²) in [4.78, 5) is 2.62. The third kappa shape index (κ3) is 3.06. The van der Waals surface area contributed by atoms with Gasteiger partial charge in [0.05, 0.1) is 13.2 Å². The van der Waals surface area contributed by atoms with Gasteiger partial charge in [-0.3, -0.25) is 4.90 Å². The standard InChI is InChI=1S/C15H30N2O/c1-15(2,17-9-11-18-12-10-17)14(16-3)13-7-5-4-6-8-13/h13-14,16H,4-12H2,1-3H3. The Hall–Kier alpha value is -0.120. The molecule has 1 aliphatic carbocycles. The van der Waals surface area contributed by atoms with Crippen LogP contribution in [0.3, 0.4) is 0 Å². The summed E-state index contributed by atoms with van der Waals surface area (Å²) in [5.74, 6) is 0.849. The van der Waals surface area contributed by atoms with E-state index in [4.69, 9.17) is 4.74 Å². The molecule has 0 radical (unpaired) electrons. The Kier molecular flexibility index (Phi) is 5.05. The van der Waals surface area contributed by atoms with Gasteiger partial charge in [0, 0.05) is 24.7 Å². The van der Waals surface area contributed by atoms with Crippen molar-refractivity contribution in [1.82, 2.24) is 10.2 Å². The van der Waals surface area contributed by atoms with E-state index >= 15 is 0 Å². The molecule has 1 N–H and O–H groups in total. The average molecular weight is 254 g/mol. The van der Waals surface area contributed by atoms with Crippen LogP contribution in [0, 0.1) is 5.92 Å². The third-order valence-corrected chi connectivity index (χ3v) is 5.02. The van der Waals surface area contributed by atoms with Crippen LogP contribution in [0.1, 0.15) is 46.0 Å². The second-order valence-corrected chi connectivity index (χ2v) is 6.42. The second-order valence-electron chi connectivity index (χ2n) is 6.42. The number of hydrogen-bond donors (Lipinski definition) is 1. The molecule has 3 heteroatoms. The van der Waals surface area contributed by atoms with Crippen LogP contribution >= 0.6 is 0 Å². The molecule has 106 valence electrons. The molecule has 0 spiro atoms. The third-order valence-electron chi connectivity index (χ3n) is 5.02. The van der Waals surface area contributed by atoms with Crippen LogP contribution in [-0.2, 0) is 4.74 Å². The molecular weight excluding hydrogens is 224 g/mol. The molecule has 0 aromatic rings. The van der Waals surface area contributed by atoms with E-state index in [0.29, 0.717) is 6.04 Å². The van der Waals surface area contributed by atoms with Gasteiger partial charge in [-0.2, -0.15) is 0 Å². The highest BCUT2D eigenvalue weighted by atomic mass is 16.5. The Labute approximate surface area is 112 Å². The lowest BCUT2D eigenvalue weighted by Gasteiger charge is -2.49. The lowest BCUT2D eigenvalue weighted by molar-refractivity contribution is -0.0331. The summed E-state index contributed by atoms with van der Waals surface area (Å²) >= 11 is 0. The van der Waals surface area contributed by atoms with E-state index in [0.717, 1.165) is 32.2 Å². The second kappa shape index (κ2) is 6.36. The fourth-order valence-electron chi connectivity index (χ4n) is 3.97. The Morgan fingerprint density at radius 1 is 1.11 bits per heavy atom. The van der Waals surface area contributed by atoms with Gasteiger partial charge in [-0.1, -0.05) is 19.3 Å². The van der Waals surface area contributed by atoms with Crippen LogP contribution in [0.25, 0.3) is 0 Å². The molecule has 0 amide bonds. The Morgan fingerprint density at radius 2 is 1.72 bits per heavy atom. The van der Waals surface area contributed by atoms with Gasteiger partial charge < -0.3 is 10.1 Å². The van der Waals surface area contributed by atoms with Crippen molar-refractivity contribution >= 4 is 0 Å². The van der Waals surface area contributed by atoms with Crippen molar-refractivity contribution in [3.05, 3.63) is 0 Å². The van der Waals surface area contributed by atoms with E-state index in [9.17, 15) is 0 Å². The quantitative estimate of drug-likeness (QED) is 0.833. The highest BCUT2D eigenvalue weighted by molar-refractivity contribution is 4.97. The van der Waals surface area contributed by atoms with Gasteiger partial charge in [-0.05, 0) is 39.7 Å². The molecule has 3 nitrogen and oxygen atoms in total. The fourth-order valence-corrected chi connectivity index (χ4v) is 3.97. The number of rotatable bonds is 4. The topological polar surface area (TPSA) is 24.5 Å². The van der Waals surface area contributed by atoms with Gasteiger partial charge in [0.25, 0.3) is 0 Å². The first-order chi connectivity index (χ1) is 8.66. The molecule has 1 saturated carbocycles. The average Bonchev–Trinajstić information content (AvgIpc) is 2.41. The molecule has 1 saturated heterocycles. The van der Waals surface area contributed by atoms with Crippen molar-refractivity contribution in [2.75, 3.05) is 33.4 Å². The van der Waals surface area contributed by atoms with E-state index in [-0.39, 0.29) is 5.54 Å². The molecule has 2 aliphatic rings. The van der Waals surface area contributed by atoms with Crippen LogP contribution in [0.15, 0.2) is 0 Å². The molecule has 18 heavy (non-hydrogen) atoms. The Bertz CT molecular complexity index is 243. The van der Waals surface area contributed by atoms with Crippen LogP contribution < -0.4 is 5.32 Å². The zero-order chi connectivity index (χ0) is 13.0. The zero-order valence-electron chi connectivity index (χ0n) is 12.4. The molecule has 0 aromatic carbocycles. The number of hydrogen-bond acceptors (Lipinski definition) is 3. The first-order valence-electron chi connectivity index (χ1n) is 7.66. The lowest BCUT2D eigenvalue weighted by atomic mass is 9.75. The molecule has 1 unspecified atom stereocenters. The summed E-state index contributed by atoms with van der Waals surface area (Å²) in [6.07, 6.45) is 7.08. The summed E-state index contributed by atoms with van der Waals surface area (Å²) in [6.45, 7) is 8.77. The minimum atomic E-state index is 0.237. The SMILES string of the molecule is CNC(C1CCCCC1)C(C)(C)N1CCOCC1. The molecule has 2 fully saturated rings. The smallest absolute Gasteiger partial charge is 0.0594 e. The van der Waals surface area contributed by atoms with Gasteiger partial charge in [-0.25, -0.2) is 0 Å². The predicted molar refractivity (Wildman–Crippen MR) is 75.9 cm³/mol. The Morgan fingerprint density at radius 3 is 2.28 bits per heavy atom. The van der Waals surface area contributed by atoms with Gasteiger partial charge >= 0.3 is 0 Å². The van der Waals surface area contributed by atoms with Crippen LogP contribution in [-0.4, -0.2) is 49.8 Å². The number of ether oxygens (including phenoxy) is 1. The van der Waals surface area contributed by atoms with Crippen molar-refractivity contribution in [1.29, 1.82) is 0 Å². The van der Waals surface area contributed by atoms with Crippen molar-refractivity contribution in [2.45, 2.75) is 57.5 Å². The van der Waals surface area contributed by atoms with Gasteiger partial charge in [-0.15, -0.1) is 0 Å². The zero-order valence-corrected chi connectivity index (χ0v) is 12.4. The minimum Gasteiger partial charge on any atom is -0.379 e. The van der Waals surface area contributed by atoms with E-state index < -0.39 is 0 Å². The van der Waals surface area contributed by atoms with Crippen molar-refractivity contribution in [3.8, 4) is 0 Å². The summed E-state index contributed by atoms with van der Waals surface area (Å²) in [6, 6.07) is 0.607. The summed E-state index contributed by atoms with van der Waals surface area (Å²) in [5.41, 5.74) is 0.237. The number of nitrogens with zero attached hydrogens (tertiary/aromatic N) is 1. The predicted octanol–water partition coefficient (Wildman–Crippen LogP) is 2.27. The maximum Gasteiger partial charge on any atom is 0.0594 e. The van der Waals surface area contributed by atoms with Crippen LogP contribution in [0.2, 0.25) is 0 Å². The molecule has 0 aromatic heterocycles. The Balaban J connectivity index is 2.03. The van der Waals surface area contributed by atoms with Crippen molar-refractivity contribution < 1.29 is 4.74 Å². The van der Waals surface area contributed by atoms with E-state index in [1.54, 1.807) is 0 Å². The van der Waals surface area contributed by atoms with Crippen molar-refractivity contribution in [3.63, 3.8) is 0 Å². The highest BCUT2D eigenvalue weighted by Crippen LogP contribution is 2.33. The molecule has 0 bridgehead atoms. The van der Waals surface area contributed by atoms with Gasteiger partial charge in [0.1, 0.15) is 0 Å². The summed E-state index contributed by atoms with van der Waals surface area (Å²) < 4.78 is 5.49. The molecule has 1 heterocycles. The number of nitrogens with one attached hydrogen (secondary N) is 1. The minimum absolute atomic E-state index is 0.237. The highest BCUT2D eigenvalue weighted by Gasteiger charge is 2.39. The number of likely N-dealkylation sites (N-methyl/N-ethyl adjacent to an activating group) is 1. The molecule has 1 atom stereocenters. The van der Waals surface area contributed by atoms with E-state index in [1.807, 2.05) is 0 Å². The van der Waals surface area contributed by atoms with Gasteiger partial charge in [0.15, 0.2) is 0 Å². The van der Waals surface area contributed by atoms with Crippen molar-refractivity contribution in [2.24, 2.45) is 5.92 Å². The number of morpholine rings is 1. The largest absolute Gasteiger partial charge is 0.379 e. The van der Waals surface area contributed by atoms with Gasteiger partial charge in [0.2, 0.25) is 0 Å². The molecular formula is C15H30N2O. The summed E-state index contributed by atoms with van der Waals surface area (Å²) in [7, 11) is 2.14. The monoisotopic (exact) mass is 254 g/mol. The normalized spacial score (nSPS) is 26.2. The van der Waals surface area contributed by atoms with E-state index in [2.05, 4.69) is 31.1 Å². The maximum atomic E-state index is 5.49. The van der Waals surface area contributed by atoms with Crippen LogP contribution in [0.5, 0.6) is 0 Å². The lowest BCUT2D eigenvalue weighted by Crippen LogP contribution is -2.62. The summed E-state index contributed by atoms with van der Waals surface area (Å²) in [5, 5.41) is 3.63. The molecule has 1 aliphatic heterocycles. The maximum absolute atomic E-state index is 5.49.